The highest BCUT2D eigenvalue weighted by atomic mass is 16.5. The lowest BCUT2D eigenvalue weighted by molar-refractivity contribution is 0.464. The highest BCUT2D eigenvalue weighted by molar-refractivity contribution is 6.99. The van der Waals surface area contributed by atoms with Gasteiger partial charge in [0.05, 0.1) is 0 Å². The molecule has 24 aromatic rings. The van der Waals surface area contributed by atoms with Gasteiger partial charge in [-0.15, -0.1) is 0 Å². The van der Waals surface area contributed by atoms with Crippen molar-refractivity contribution in [3.8, 4) is 169 Å². The summed E-state index contributed by atoms with van der Waals surface area (Å²) in [6, 6.07) is 172. The molecule has 0 aromatic heterocycles. The van der Waals surface area contributed by atoms with E-state index in [4.69, 9.17) is 28.4 Å². The molecule has 0 bridgehead atoms. The maximum Gasteiger partial charge on any atom is 0.260 e. The molecule has 149 heavy (non-hydrogen) atoms. The van der Waals surface area contributed by atoms with Crippen molar-refractivity contribution >= 4 is 134 Å². The first-order valence-electron chi connectivity index (χ1n) is 51.7. The van der Waals surface area contributed by atoms with Crippen LogP contribution in [0, 0.1) is 0 Å². The zero-order chi connectivity index (χ0) is 99.4. The van der Waals surface area contributed by atoms with Crippen LogP contribution >= 0.6 is 0 Å². The number of benzene rings is 24. The van der Waals surface area contributed by atoms with Crippen LogP contribution in [0.1, 0.15) is 52.7 Å². The molecule has 0 saturated heterocycles. The van der Waals surface area contributed by atoms with E-state index in [1.54, 1.807) is 0 Å². The van der Waals surface area contributed by atoms with Gasteiger partial charge in [-0.05, 0) is 275 Å². The van der Waals surface area contributed by atoms with E-state index in [0.717, 1.165) is 141 Å². The van der Waals surface area contributed by atoms with Crippen LogP contribution < -0.4 is 77.6 Å². The second-order valence-electron chi connectivity index (χ2n) is 41.9. The predicted molar refractivity (Wildman–Crippen MR) is 624 cm³/mol. The summed E-state index contributed by atoms with van der Waals surface area (Å²) in [6.45, 7) is 13.7. The summed E-state index contributed by atoms with van der Waals surface area (Å²) in [4.78, 5) is 0. The van der Waals surface area contributed by atoms with Crippen molar-refractivity contribution in [3.63, 3.8) is 0 Å². The van der Waals surface area contributed by atoms with Gasteiger partial charge < -0.3 is 28.4 Å². The normalized spacial score (nSPS) is 12.8. The van der Waals surface area contributed by atoms with Gasteiger partial charge >= 0.3 is 0 Å². The number of hydrogen-bond acceptors (Lipinski definition) is 6. The molecule has 6 aliphatic heterocycles. The summed E-state index contributed by atoms with van der Waals surface area (Å²) >= 11 is 0. The van der Waals surface area contributed by atoms with Crippen LogP contribution in [0.3, 0.4) is 0 Å². The average Bonchev–Trinajstić information content (AvgIpc) is 0.724. The first-order chi connectivity index (χ1) is 73.2. The molecule has 6 nitrogen and oxygen atoms in total. The fourth-order valence-corrected chi connectivity index (χ4v) is 24.7. The van der Waals surface area contributed by atoms with E-state index >= 15 is 0 Å². The van der Waals surface area contributed by atoms with Crippen molar-refractivity contribution in [3.05, 3.63) is 490 Å². The van der Waals surface area contributed by atoms with Gasteiger partial charge in [0, 0.05) is 27.5 Å². The second kappa shape index (κ2) is 35.4. The van der Waals surface area contributed by atoms with E-state index in [0.29, 0.717) is 0 Å². The summed E-state index contributed by atoms with van der Waals surface area (Å²) in [5.74, 6) is 10.5. The highest BCUT2D eigenvalue weighted by Gasteiger charge is 2.45. The quantitative estimate of drug-likeness (QED) is 0.106. The summed E-state index contributed by atoms with van der Waals surface area (Å²) in [7, 11) is 0. The molecule has 30 rings (SSSR count). The van der Waals surface area contributed by atoms with Gasteiger partial charge in [-0.3, -0.25) is 0 Å². The molecule has 702 valence electrons. The van der Waals surface area contributed by atoms with Gasteiger partial charge in [-0.2, -0.15) is 0 Å². The number of fused-ring (bicyclic) bond motifs is 18. The van der Waals surface area contributed by atoms with Crippen molar-refractivity contribution in [2.75, 3.05) is 0 Å². The molecular weight excluding hydrogens is 1810 g/mol. The SMILES string of the molecule is CC(C)(C)c1ccc(-c2c3ccccc3c(-c3ccccc3-c3ccc4c5c3Oc3ccccc3B5c3ccccc3O4)c3ccccc23)cc1.CC(C)(C)c1ccc(-c2c3ccccc3c(-c3ccccc3-c3cccc4c3Oc3cccc5c3B4c3ccccc3O5)c3ccccc23)cc1.c1ccc(-c2c3ccccc3c(-c3ccccc3-c3cc4c5c(c3)Oc3ccccc3B5c3ccccc3O4)c3ccccc23)cc1. The summed E-state index contributed by atoms with van der Waals surface area (Å²) in [6.07, 6.45) is 0. The van der Waals surface area contributed by atoms with Crippen molar-refractivity contribution in [1.29, 1.82) is 0 Å². The molecule has 6 heterocycles. The largest absolute Gasteiger partial charge is 0.458 e. The third-order valence-electron chi connectivity index (χ3n) is 31.4. The molecule has 24 aromatic carbocycles. The number of rotatable bonds is 9. The Morgan fingerprint density at radius 3 is 0.772 bits per heavy atom. The van der Waals surface area contributed by atoms with Crippen molar-refractivity contribution in [2.24, 2.45) is 0 Å². The van der Waals surface area contributed by atoms with E-state index in [1.165, 1.54) is 153 Å². The minimum absolute atomic E-state index is 0.0163. The fourth-order valence-electron chi connectivity index (χ4n) is 24.7. The molecule has 0 aliphatic carbocycles. The number of para-hydroxylation sites is 6. The van der Waals surface area contributed by atoms with Gasteiger partial charge in [0.2, 0.25) is 0 Å². The molecule has 0 radical (unpaired) electrons. The fraction of sp³-hybridized carbons (Fsp3) is 0.0571. The first kappa shape index (κ1) is 88.5. The van der Waals surface area contributed by atoms with Gasteiger partial charge in [-0.25, -0.2) is 0 Å². The van der Waals surface area contributed by atoms with E-state index in [-0.39, 0.29) is 31.0 Å². The Hall–Kier alpha value is -18.2. The van der Waals surface area contributed by atoms with Crippen molar-refractivity contribution < 1.29 is 28.4 Å². The summed E-state index contributed by atoms with van der Waals surface area (Å²) in [5, 5.41) is 14.8. The lowest BCUT2D eigenvalue weighted by atomic mass is 9.34. The van der Waals surface area contributed by atoms with Gasteiger partial charge in [0.15, 0.2) is 0 Å². The Morgan fingerprint density at radius 2 is 0.389 bits per heavy atom. The van der Waals surface area contributed by atoms with Crippen LogP contribution in [0.5, 0.6) is 69.0 Å². The topological polar surface area (TPSA) is 55.4 Å². The first-order valence-corrected chi connectivity index (χ1v) is 51.7. The van der Waals surface area contributed by atoms with E-state index in [9.17, 15) is 0 Å². The Balaban J connectivity index is 0.000000108. The maximum absolute atomic E-state index is 6.92. The van der Waals surface area contributed by atoms with Crippen LogP contribution in [0.2, 0.25) is 0 Å². The predicted octanol–water partition coefficient (Wildman–Crippen LogP) is 31.8. The third-order valence-corrected chi connectivity index (χ3v) is 31.4. The van der Waals surface area contributed by atoms with Crippen LogP contribution in [-0.2, 0) is 10.8 Å². The van der Waals surface area contributed by atoms with Crippen LogP contribution in [-0.4, -0.2) is 20.1 Å². The van der Waals surface area contributed by atoms with Crippen LogP contribution in [0.15, 0.2) is 479 Å². The molecule has 9 heteroatoms. The Kier molecular flexibility index (Phi) is 21.0. The van der Waals surface area contributed by atoms with E-state index < -0.39 is 0 Å². The minimum atomic E-state index is 0.0163. The van der Waals surface area contributed by atoms with Gasteiger partial charge in [0.25, 0.3) is 20.1 Å². The molecule has 0 saturated carbocycles. The molecule has 0 spiro atoms. The van der Waals surface area contributed by atoms with E-state index in [1.807, 2.05) is 36.4 Å². The van der Waals surface area contributed by atoms with Gasteiger partial charge in [0.1, 0.15) is 69.0 Å². The smallest absolute Gasteiger partial charge is 0.260 e. The molecule has 0 fully saturated rings. The second-order valence-corrected chi connectivity index (χ2v) is 41.9. The Bertz CT molecular complexity index is 9360. The molecule has 0 amide bonds. The number of ether oxygens (including phenoxy) is 6. The standard InChI is InChI=1S/2C48H35BO2.C44H27BO2/c1-48(2,3)31-26-24-30(25-27-31)44-34-16-6-8-18-36(34)45(37-19-9-7-17-35(37)44)33-15-5-4-14-32(33)38-28-29-43-46-47(38)51-42-23-13-11-21-40(42)49(46)39-20-10-12-22-41(39)50-43;1-48(2,3)31-28-26-30(27-29-31)44-34-16-6-8-18-36(34)45(37-19-9-7-17-35(37)44)33-15-5-4-14-32(33)38-20-12-22-40-47(38)51-43-25-13-24-42-46(43)49(40)39-21-10-11-23-41(39)50-42;1-2-14-28(15-3-1)42-32-18-6-8-20-34(32)43(35-21-9-7-19-33(35)42)31-17-5-4-16-30(31)29-26-40-44-41(27-29)47-39-25-13-11-23-37(39)45(44)36-22-10-12-24-38(36)46-40/h2*4-29H,1-3H3;1-27H. The number of hydrogen-bond donors (Lipinski definition) is 0. The average molecular weight is 1910 g/mol. The lowest BCUT2D eigenvalue weighted by Gasteiger charge is -2.34. The van der Waals surface area contributed by atoms with Crippen molar-refractivity contribution in [1.82, 2.24) is 0 Å². The molecule has 0 unspecified atom stereocenters. The lowest BCUT2D eigenvalue weighted by Crippen LogP contribution is -2.57. The molecule has 6 aliphatic rings. The van der Waals surface area contributed by atoms with Gasteiger partial charge in [-0.1, -0.05) is 454 Å². The molecule has 0 N–H and O–H groups in total. The third kappa shape index (κ3) is 14.6. The highest BCUT2D eigenvalue weighted by Crippen LogP contribution is 2.55. The summed E-state index contributed by atoms with van der Waals surface area (Å²) < 4.78 is 40.1. The Morgan fingerprint density at radius 1 is 0.148 bits per heavy atom. The zero-order valence-corrected chi connectivity index (χ0v) is 83.3. The molecular formula is C140H97B3O6. The van der Waals surface area contributed by atoms with Crippen LogP contribution in [0.4, 0.5) is 0 Å². The van der Waals surface area contributed by atoms with E-state index in [2.05, 4.69) is 484 Å². The van der Waals surface area contributed by atoms with Crippen molar-refractivity contribution in [2.45, 2.75) is 52.4 Å². The maximum atomic E-state index is 6.92. The van der Waals surface area contributed by atoms with Crippen LogP contribution in [0.25, 0.3) is 165 Å². The molecule has 0 atom stereocenters. The monoisotopic (exact) mass is 1910 g/mol. The summed E-state index contributed by atoms with van der Waals surface area (Å²) in [5.41, 5.74) is 34.4. The Labute approximate surface area is 868 Å². The minimum Gasteiger partial charge on any atom is -0.458 e. The zero-order valence-electron chi connectivity index (χ0n) is 83.3.